The molecule has 5 aromatic rings. The molecule has 3 atom stereocenters. The summed E-state index contributed by atoms with van der Waals surface area (Å²) in [6.07, 6.45) is 10.9. The van der Waals surface area contributed by atoms with Crippen LogP contribution in [0.2, 0.25) is 0 Å². The van der Waals surface area contributed by atoms with Gasteiger partial charge < -0.3 is 40.3 Å². The van der Waals surface area contributed by atoms with Crippen molar-refractivity contribution in [1.29, 1.82) is 0 Å². The molecule has 3 unspecified atom stereocenters. The Kier molecular flexibility index (Phi) is 11.4. The third-order valence-corrected chi connectivity index (χ3v) is 13.1. The summed E-state index contributed by atoms with van der Waals surface area (Å²) in [5.41, 5.74) is 3.73. The van der Waals surface area contributed by atoms with Gasteiger partial charge in [-0.1, -0.05) is 37.5 Å². The highest BCUT2D eigenvalue weighted by Crippen LogP contribution is 2.51. The van der Waals surface area contributed by atoms with Crippen molar-refractivity contribution in [3.63, 3.8) is 0 Å². The third-order valence-electron chi connectivity index (χ3n) is 13.1. The molecule has 0 radical (unpaired) electrons. The summed E-state index contributed by atoms with van der Waals surface area (Å²) >= 11 is 0. The number of Topliss-reactive ketones (excluding diaryl/α,β-unsaturated/α-hetero) is 1. The van der Waals surface area contributed by atoms with Crippen LogP contribution in [0, 0.1) is 5.92 Å². The first-order chi connectivity index (χ1) is 28.1. The van der Waals surface area contributed by atoms with E-state index in [0.29, 0.717) is 42.8 Å². The van der Waals surface area contributed by atoms with Crippen LogP contribution in [0.1, 0.15) is 105 Å². The normalized spacial score (nSPS) is 20.3. The molecule has 1 aliphatic heterocycles. The van der Waals surface area contributed by atoms with Crippen molar-refractivity contribution in [2.45, 2.75) is 113 Å². The number of methoxy groups -OCH3 is 1. The van der Waals surface area contributed by atoms with Crippen LogP contribution in [0.5, 0.6) is 34.5 Å². The molecule has 1 spiro atoms. The van der Waals surface area contributed by atoms with Crippen molar-refractivity contribution in [1.82, 2.24) is 4.98 Å². The maximum atomic E-state index is 15.4. The Bertz CT molecular complexity index is 2280. The Morgan fingerprint density at radius 1 is 0.845 bits per heavy atom. The molecule has 0 amide bonds. The summed E-state index contributed by atoms with van der Waals surface area (Å²) in [6.45, 7) is 0. The molecule has 0 saturated heterocycles. The number of hydrogen-bond donors (Lipinski definition) is 6. The minimum absolute atomic E-state index is 0.0381. The van der Waals surface area contributed by atoms with Gasteiger partial charge >= 0.3 is 0 Å². The maximum Gasteiger partial charge on any atom is 0.200 e. The number of rotatable bonds is 8. The van der Waals surface area contributed by atoms with E-state index in [1.807, 2.05) is 36.4 Å². The lowest BCUT2D eigenvalue weighted by Gasteiger charge is -2.41. The lowest BCUT2D eigenvalue weighted by molar-refractivity contribution is -0.130. The van der Waals surface area contributed by atoms with Gasteiger partial charge in [-0.3, -0.25) is 4.79 Å². The largest absolute Gasteiger partial charge is 0.508 e. The van der Waals surface area contributed by atoms with E-state index in [1.54, 1.807) is 42.6 Å². The minimum atomic E-state index is -0.993. The number of aliphatic hydroxyl groups excluding tert-OH is 1. The molecule has 10 heteroatoms. The lowest BCUT2D eigenvalue weighted by atomic mass is 9.63. The van der Waals surface area contributed by atoms with Crippen molar-refractivity contribution < 1.29 is 39.8 Å². The summed E-state index contributed by atoms with van der Waals surface area (Å²) < 4.78 is 11.7. The van der Waals surface area contributed by atoms with Gasteiger partial charge in [-0.05, 0) is 158 Å². The van der Waals surface area contributed by atoms with Gasteiger partial charge in [0.15, 0.2) is 23.0 Å². The molecule has 2 fully saturated rings. The molecule has 304 valence electrons. The number of ether oxygens (including phenoxy) is 2. The van der Waals surface area contributed by atoms with Crippen LogP contribution >= 0.6 is 0 Å². The molecule has 8 rings (SSSR count). The second-order valence-corrected chi connectivity index (χ2v) is 16.7. The molecule has 1 aromatic heterocycles. The smallest absolute Gasteiger partial charge is 0.200 e. The number of aromatic hydroxyl groups is 4. The first kappa shape index (κ1) is 39.4. The minimum Gasteiger partial charge on any atom is -0.508 e. The number of aromatic nitrogens is 1. The third kappa shape index (κ3) is 7.99. The second kappa shape index (κ2) is 16.8. The number of carbonyl (C=O) groups is 1. The number of phenolic OH excluding ortho intramolecular Hbond substituents is 4. The predicted molar refractivity (Wildman–Crippen MR) is 224 cm³/mol. The van der Waals surface area contributed by atoms with Crippen LogP contribution in [0.3, 0.4) is 0 Å². The summed E-state index contributed by atoms with van der Waals surface area (Å²) in [4.78, 5) is 20.1. The monoisotopic (exact) mass is 786 g/mol. The van der Waals surface area contributed by atoms with Gasteiger partial charge in [0, 0.05) is 23.7 Å². The lowest BCUT2D eigenvalue weighted by Crippen LogP contribution is -2.45. The van der Waals surface area contributed by atoms with Gasteiger partial charge in [0.05, 0.1) is 25.2 Å². The molecule has 6 N–H and O–H groups in total. The number of nitrogens with zero attached hydrogens (tertiary/aromatic N) is 1. The standard InChI is InChI=1S/C48H54N2O8/c1-57-43-23-29(9-17-39(43)52)10-18-40(53)46-41(54)25-30(32-26-42(55)47(56)44(27-32)58-35-7-3-2-4-8-35)11-14-37-36-15-13-34(51)24-31(36)12-16-38(37)50-45-28-33(19-22-49-45)48(46)20-5-6-21-48/h9,12-13,15-17,19,22-24,26-28,30,35,40,46,51-53,55-56H,2-8,10-11,14,18,20-21,25H2,1H3,(H,49,50). The van der Waals surface area contributed by atoms with Gasteiger partial charge in [0.2, 0.25) is 5.75 Å². The molecular formula is C48H54N2O8. The van der Waals surface area contributed by atoms with Crippen LogP contribution in [-0.2, 0) is 23.1 Å². The predicted octanol–water partition coefficient (Wildman–Crippen LogP) is 9.63. The Hall–Kier alpha value is -5.48. The number of aryl methyl sites for hydroxylation is 2. The average molecular weight is 787 g/mol. The molecule has 2 heterocycles. The molecule has 2 bridgehead atoms. The van der Waals surface area contributed by atoms with E-state index in [9.17, 15) is 25.5 Å². The quantitative estimate of drug-likeness (QED) is 0.0836. The van der Waals surface area contributed by atoms with Crippen molar-refractivity contribution in [2.75, 3.05) is 12.4 Å². The van der Waals surface area contributed by atoms with Gasteiger partial charge in [0.1, 0.15) is 17.4 Å². The fourth-order valence-electron chi connectivity index (χ4n) is 10.1. The molecule has 2 aliphatic carbocycles. The molecule has 2 saturated carbocycles. The van der Waals surface area contributed by atoms with Crippen molar-refractivity contribution in [3.05, 3.63) is 101 Å². The number of ketones is 1. The number of nitrogens with one attached hydrogen (secondary N) is 1. The van der Waals surface area contributed by atoms with E-state index in [4.69, 9.17) is 14.5 Å². The summed E-state index contributed by atoms with van der Waals surface area (Å²) in [6, 6.07) is 21.9. The fourth-order valence-corrected chi connectivity index (χ4v) is 10.1. The van der Waals surface area contributed by atoms with E-state index >= 15 is 4.79 Å². The Balaban J connectivity index is 1.23. The highest BCUT2D eigenvalue weighted by Gasteiger charge is 2.49. The average Bonchev–Trinajstić information content (AvgIpc) is 3.72. The zero-order valence-corrected chi connectivity index (χ0v) is 33.1. The number of aliphatic hydroxyl groups is 1. The maximum absolute atomic E-state index is 15.4. The number of hydrogen-bond acceptors (Lipinski definition) is 10. The Morgan fingerprint density at radius 3 is 2.45 bits per heavy atom. The molecule has 10 nitrogen and oxygen atoms in total. The van der Waals surface area contributed by atoms with E-state index in [0.717, 1.165) is 90.9 Å². The molecule has 4 aromatic carbocycles. The number of benzene rings is 4. The number of anilines is 2. The Morgan fingerprint density at radius 2 is 1.66 bits per heavy atom. The van der Waals surface area contributed by atoms with Gasteiger partial charge in [-0.25, -0.2) is 4.98 Å². The van der Waals surface area contributed by atoms with Crippen molar-refractivity contribution in [2.24, 2.45) is 5.92 Å². The number of phenols is 4. The van der Waals surface area contributed by atoms with Crippen LogP contribution in [0.4, 0.5) is 11.5 Å². The summed E-state index contributed by atoms with van der Waals surface area (Å²) in [5, 5.41) is 60.7. The van der Waals surface area contributed by atoms with Crippen molar-refractivity contribution >= 4 is 28.1 Å². The Labute approximate surface area is 339 Å². The first-order valence-electron chi connectivity index (χ1n) is 20.9. The highest BCUT2D eigenvalue weighted by molar-refractivity contribution is 5.92. The van der Waals surface area contributed by atoms with E-state index in [1.165, 1.54) is 7.11 Å². The van der Waals surface area contributed by atoms with Gasteiger partial charge in [-0.2, -0.15) is 0 Å². The van der Waals surface area contributed by atoms with Crippen LogP contribution in [0.25, 0.3) is 10.8 Å². The van der Waals surface area contributed by atoms with Crippen LogP contribution in [-0.4, -0.2) is 55.6 Å². The van der Waals surface area contributed by atoms with E-state index < -0.39 is 23.4 Å². The molecule has 3 aliphatic rings. The van der Waals surface area contributed by atoms with Gasteiger partial charge in [-0.15, -0.1) is 0 Å². The second-order valence-electron chi connectivity index (χ2n) is 16.7. The molecular weight excluding hydrogens is 733 g/mol. The number of pyridine rings is 1. The summed E-state index contributed by atoms with van der Waals surface area (Å²) in [7, 11) is 1.50. The zero-order valence-electron chi connectivity index (χ0n) is 33.1. The topological polar surface area (TPSA) is 162 Å². The van der Waals surface area contributed by atoms with Gasteiger partial charge in [0.25, 0.3) is 0 Å². The van der Waals surface area contributed by atoms with E-state index in [2.05, 4.69) is 5.32 Å². The number of carbonyl (C=O) groups excluding carboxylic acids is 1. The van der Waals surface area contributed by atoms with Crippen LogP contribution in [0.15, 0.2) is 79.0 Å². The molecule has 58 heavy (non-hydrogen) atoms. The highest BCUT2D eigenvalue weighted by atomic mass is 16.5. The van der Waals surface area contributed by atoms with Crippen LogP contribution < -0.4 is 14.8 Å². The zero-order chi connectivity index (χ0) is 40.4. The fraction of sp³-hybridized carbons (Fsp3) is 0.417. The summed E-state index contributed by atoms with van der Waals surface area (Å²) in [5.74, 6) is -0.394. The number of fused-ring (bicyclic) bond motifs is 6. The first-order valence-corrected chi connectivity index (χ1v) is 20.9. The van der Waals surface area contributed by atoms with Crippen molar-refractivity contribution in [3.8, 4) is 34.5 Å². The SMILES string of the molecule is COc1cc(CCC(O)C2C(=O)CC(c3cc(O)c(O)c(OC4CCCCC4)c3)CCc3c(ccc4cc(O)ccc34)Nc3cc(ccn3)C23CCCC3)ccc1O. The van der Waals surface area contributed by atoms with E-state index in [-0.39, 0.29) is 47.1 Å².